The number of aromatic nitrogens is 1. The van der Waals surface area contributed by atoms with Crippen molar-refractivity contribution in [2.45, 2.75) is 51.7 Å². The Labute approximate surface area is 121 Å². The van der Waals surface area contributed by atoms with Gasteiger partial charge in [-0.1, -0.05) is 6.42 Å². The fourth-order valence-corrected chi connectivity index (χ4v) is 2.88. The molecule has 1 fully saturated rings. The van der Waals surface area contributed by atoms with Crippen LogP contribution in [0.4, 0.5) is 0 Å². The number of aliphatic hydroxyl groups is 1. The van der Waals surface area contributed by atoms with Crippen LogP contribution in [0.2, 0.25) is 0 Å². The molecule has 1 atom stereocenters. The second kappa shape index (κ2) is 6.55. The van der Waals surface area contributed by atoms with E-state index in [-0.39, 0.29) is 5.54 Å². The number of likely N-dealkylation sites (tertiary alicyclic amines) is 1. The Balaban J connectivity index is 2.15. The van der Waals surface area contributed by atoms with Gasteiger partial charge in [-0.15, -0.1) is 0 Å². The van der Waals surface area contributed by atoms with E-state index in [9.17, 15) is 5.11 Å². The standard InChI is InChI=1S/C16H26N2O2/c1-4-20-14-10-13(11-17-12-14)15(19)16(2,3)18-8-6-5-7-9-18/h10-12,15,19H,4-9H2,1-3H3. The quantitative estimate of drug-likeness (QED) is 0.899. The van der Waals surface area contributed by atoms with Crippen LogP contribution in [0.15, 0.2) is 18.5 Å². The normalized spacial score (nSPS) is 18.8. The van der Waals surface area contributed by atoms with Crippen molar-refractivity contribution in [2.24, 2.45) is 0 Å². The number of pyridine rings is 1. The largest absolute Gasteiger partial charge is 0.492 e. The van der Waals surface area contributed by atoms with Crippen LogP contribution in [0.5, 0.6) is 5.75 Å². The van der Waals surface area contributed by atoms with Gasteiger partial charge in [0.25, 0.3) is 0 Å². The molecule has 4 nitrogen and oxygen atoms in total. The molecular weight excluding hydrogens is 252 g/mol. The monoisotopic (exact) mass is 278 g/mol. The molecule has 0 spiro atoms. The van der Waals surface area contributed by atoms with E-state index >= 15 is 0 Å². The van der Waals surface area contributed by atoms with Gasteiger partial charge in [0.2, 0.25) is 0 Å². The topological polar surface area (TPSA) is 45.6 Å². The summed E-state index contributed by atoms with van der Waals surface area (Å²) in [7, 11) is 0. The molecule has 1 aliphatic rings. The molecule has 0 aliphatic carbocycles. The second-order valence-electron chi connectivity index (χ2n) is 5.99. The number of hydrogen-bond acceptors (Lipinski definition) is 4. The Morgan fingerprint density at radius 1 is 1.30 bits per heavy atom. The summed E-state index contributed by atoms with van der Waals surface area (Å²) in [5.74, 6) is 0.721. The molecule has 1 aromatic heterocycles. The van der Waals surface area contributed by atoms with Crippen LogP contribution >= 0.6 is 0 Å². The molecule has 1 N–H and O–H groups in total. The zero-order valence-electron chi connectivity index (χ0n) is 12.8. The van der Waals surface area contributed by atoms with Crippen LogP contribution in [0, 0.1) is 0 Å². The molecule has 0 radical (unpaired) electrons. The van der Waals surface area contributed by atoms with Gasteiger partial charge in [0, 0.05) is 17.3 Å². The van der Waals surface area contributed by atoms with Gasteiger partial charge in [0.05, 0.1) is 18.9 Å². The third kappa shape index (κ3) is 3.30. The van der Waals surface area contributed by atoms with Gasteiger partial charge < -0.3 is 9.84 Å². The third-order valence-electron chi connectivity index (χ3n) is 4.20. The highest BCUT2D eigenvalue weighted by Gasteiger charge is 2.36. The molecular formula is C16H26N2O2. The minimum Gasteiger partial charge on any atom is -0.492 e. The lowest BCUT2D eigenvalue weighted by Crippen LogP contribution is -2.50. The van der Waals surface area contributed by atoms with Gasteiger partial charge >= 0.3 is 0 Å². The molecule has 1 unspecified atom stereocenters. The van der Waals surface area contributed by atoms with Gasteiger partial charge in [-0.3, -0.25) is 9.88 Å². The Morgan fingerprint density at radius 2 is 2.00 bits per heavy atom. The van der Waals surface area contributed by atoms with E-state index < -0.39 is 6.10 Å². The van der Waals surface area contributed by atoms with E-state index in [1.807, 2.05) is 13.0 Å². The first-order valence-corrected chi connectivity index (χ1v) is 7.56. The van der Waals surface area contributed by atoms with E-state index in [4.69, 9.17) is 4.74 Å². The average Bonchev–Trinajstić information content (AvgIpc) is 2.48. The van der Waals surface area contributed by atoms with Crippen LogP contribution in [-0.2, 0) is 0 Å². The van der Waals surface area contributed by atoms with Gasteiger partial charge in [-0.05, 0) is 52.8 Å². The number of rotatable bonds is 5. The molecule has 2 heterocycles. The lowest BCUT2D eigenvalue weighted by atomic mass is 9.88. The fourth-order valence-electron chi connectivity index (χ4n) is 2.88. The second-order valence-corrected chi connectivity index (χ2v) is 5.99. The van der Waals surface area contributed by atoms with Gasteiger partial charge in [0.15, 0.2) is 0 Å². The molecule has 0 amide bonds. The zero-order valence-corrected chi connectivity index (χ0v) is 12.8. The van der Waals surface area contributed by atoms with Crippen molar-refractivity contribution in [3.8, 4) is 5.75 Å². The van der Waals surface area contributed by atoms with Crippen LogP contribution in [0.3, 0.4) is 0 Å². The predicted molar refractivity (Wildman–Crippen MR) is 79.9 cm³/mol. The van der Waals surface area contributed by atoms with Crippen LogP contribution < -0.4 is 4.74 Å². The molecule has 2 rings (SSSR count). The van der Waals surface area contributed by atoms with Crippen molar-refractivity contribution >= 4 is 0 Å². The molecule has 1 saturated heterocycles. The van der Waals surface area contributed by atoms with Crippen molar-refractivity contribution in [1.82, 2.24) is 9.88 Å². The Kier molecular flexibility index (Phi) is 5.00. The SMILES string of the molecule is CCOc1cncc(C(O)C(C)(C)N2CCCCC2)c1. The van der Waals surface area contributed by atoms with Crippen molar-refractivity contribution in [3.05, 3.63) is 24.0 Å². The van der Waals surface area contributed by atoms with Gasteiger partial charge in [0.1, 0.15) is 5.75 Å². The highest BCUT2D eigenvalue weighted by Crippen LogP contribution is 2.33. The fraction of sp³-hybridized carbons (Fsp3) is 0.688. The molecule has 0 aromatic carbocycles. The number of piperidine rings is 1. The van der Waals surface area contributed by atoms with E-state index in [1.54, 1.807) is 12.4 Å². The van der Waals surface area contributed by atoms with Crippen LogP contribution in [0.1, 0.15) is 51.7 Å². The zero-order chi connectivity index (χ0) is 14.6. The van der Waals surface area contributed by atoms with Gasteiger partial charge in [-0.2, -0.15) is 0 Å². The maximum absolute atomic E-state index is 10.8. The predicted octanol–water partition coefficient (Wildman–Crippen LogP) is 2.78. The number of hydrogen-bond donors (Lipinski definition) is 1. The Bertz CT molecular complexity index is 428. The molecule has 0 bridgehead atoms. The van der Waals surface area contributed by atoms with Crippen LogP contribution in [-0.4, -0.2) is 40.2 Å². The van der Waals surface area contributed by atoms with Crippen molar-refractivity contribution < 1.29 is 9.84 Å². The highest BCUT2D eigenvalue weighted by atomic mass is 16.5. The number of nitrogens with zero attached hydrogens (tertiary/aromatic N) is 2. The summed E-state index contributed by atoms with van der Waals surface area (Å²) in [6, 6.07) is 1.90. The molecule has 20 heavy (non-hydrogen) atoms. The summed E-state index contributed by atoms with van der Waals surface area (Å²) < 4.78 is 5.47. The smallest absolute Gasteiger partial charge is 0.137 e. The van der Waals surface area contributed by atoms with Crippen molar-refractivity contribution in [1.29, 1.82) is 0 Å². The highest BCUT2D eigenvalue weighted by molar-refractivity contribution is 5.27. The lowest BCUT2D eigenvalue weighted by Gasteiger charge is -2.44. The first-order valence-electron chi connectivity index (χ1n) is 7.56. The van der Waals surface area contributed by atoms with Crippen LogP contribution in [0.25, 0.3) is 0 Å². The van der Waals surface area contributed by atoms with E-state index in [1.165, 1.54) is 19.3 Å². The van der Waals surface area contributed by atoms with E-state index in [2.05, 4.69) is 23.7 Å². The molecule has 112 valence electrons. The molecule has 1 aromatic rings. The van der Waals surface area contributed by atoms with E-state index in [0.29, 0.717) is 6.61 Å². The summed E-state index contributed by atoms with van der Waals surface area (Å²) in [6.45, 7) is 8.88. The lowest BCUT2D eigenvalue weighted by molar-refractivity contribution is -0.0211. The van der Waals surface area contributed by atoms with E-state index in [0.717, 1.165) is 24.4 Å². The summed E-state index contributed by atoms with van der Waals surface area (Å²) in [6.07, 6.45) is 6.59. The van der Waals surface area contributed by atoms with Gasteiger partial charge in [-0.25, -0.2) is 0 Å². The maximum atomic E-state index is 10.8. The summed E-state index contributed by atoms with van der Waals surface area (Å²) in [5, 5.41) is 10.8. The Hall–Kier alpha value is -1.13. The molecule has 4 heteroatoms. The number of aliphatic hydroxyl groups excluding tert-OH is 1. The summed E-state index contributed by atoms with van der Waals surface area (Å²) >= 11 is 0. The summed E-state index contributed by atoms with van der Waals surface area (Å²) in [4.78, 5) is 6.56. The Morgan fingerprint density at radius 3 is 2.65 bits per heavy atom. The minimum absolute atomic E-state index is 0.285. The molecule has 0 saturated carbocycles. The third-order valence-corrected chi connectivity index (χ3v) is 4.20. The number of ether oxygens (including phenoxy) is 1. The minimum atomic E-state index is -0.562. The average molecular weight is 278 g/mol. The van der Waals surface area contributed by atoms with Crippen molar-refractivity contribution in [2.75, 3.05) is 19.7 Å². The van der Waals surface area contributed by atoms with Crippen molar-refractivity contribution in [3.63, 3.8) is 0 Å². The maximum Gasteiger partial charge on any atom is 0.137 e. The summed E-state index contributed by atoms with van der Waals surface area (Å²) in [5.41, 5.74) is 0.541. The first-order chi connectivity index (χ1) is 9.55. The molecule has 1 aliphatic heterocycles. The first kappa shape index (κ1) is 15.3.